The van der Waals surface area contributed by atoms with Crippen LogP contribution in [0.15, 0.2) is 42.6 Å². The van der Waals surface area contributed by atoms with E-state index in [1.807, 2.05) is 37.4 Å². The zero-order valence-corrected chi connectivity index (χ0v) is 15.7. The summed E-state index contributed by atoms with van der Waals surface area (Å²) in [6.45, 7) is 8.36. The molecule has 0 fully saturated rings. The highest BCUT2D eigenvalue weighted by atomic mass is 16.3. The summed E-state index contributed by atoms with van der Waals surface area (Å²) < 4.78 is 0. The minimum atomic E-state index is -1.21. The van der Waals surface area contributed by atoms with Gasteiger partial charge in [0.1, 0.15) is 11.4 Å². The van der Waals surface area contributed by atoms with E-state index in [4.69, 9.17) is 0 Å². The lowest BCUT2D eigenvalue weighted by Crippen LogP contribution is -2.27. The van der Waals surface area contributed by atoms with Crippen molar-refractivity contribution in [1.29, 1.82) is 0 Å². The highest BCUT2D eigenvalue weighted by Gasteiger charge is 2.34. The van der Waals surface area contributed by atoms with Gasteiger partial charge in [0.2, 0.25) is 0 Å². The highest BCUT2D eigenvalue weighted by molar-refractivity contribution is 5.88. The van der Waals surface area contributed by atoms with E-state index >= 15 is 0 Å². The largest absolute Gasteiger partial charge is 0.377 e. The number of rotatable bonds is 4. The summed E-state index contributed by atoms with van der Waals surface area (Å²) in [5, 5.41) is 12.7. The second-order valence-electron chi connectivity index (χ2n) is 7.77. The van der Waals surface area contributed by atoms with Crippen LogP contribution in [0.3, 0.4) is 0 Å². The fourth-order valence-corrected chi connectivity index (χ4v) is 3.96. The Morgan fingerprint density at radius 3 is 2.69 bits per heavy atom. The SMILES string of the molecule is Cc1cc(CC(C)C)c(C(C)(O)c2nc3ccccc3[nH]2)c2cc[nH]c12. The van der Waals surface area contributed by atoms with Crippen LogP contribution < -0.4 is 0 Å². The maximum atomic E-state index is 11.7. The molecule has 0 amide bonds. The Hall–Kier alpha value is -2.59. The second-order valence-corrected chi connectivity index (χ2v) is 7.77. The second kappa shape index (κ2) is 5.99. The summed E-state index contributed by atoms with van der Waals surface area (Å²) in [6, 6.07) is 12.1. The molecule has 4 aromatic rings. The van der Waals surface area contributed by atoms with Gasteiger partial charge in [0.15, 0.2) is 0 Å². The van der Waals surface area contributed by atoms with Gasteiger partial charge in [0.25, 0.3) is 0 Å². The Labute approximate surface area is 153 Å². The average molecular weight is 347 g/mol. The summed E-state index contributed by atoms with van der Waals surface area (Å²) in [7, 11) is 0. The first-order chi connectivity index (χ1) is 12.4. The third-order valence-corrected chi connectivity index (χ3v) is 5.09. The molecule has 4 nitrogen and oxygen atoms in total. The van der Waals surface area contributed by atoms with E-state index in [1.165, 1.54) is 11.1 Å². The minimum absolute atomic E-state index is 0.496. The predicted octanol–water partition coefficient (Wildman–Crippen LogP) is 4.81. The average Bonchev–Trinajstić information content (AvgIpc) is 3.21. The quantitative estimate of drug-likeness (QED) is 0.496. The minimum Gasteiger partial charge on any atom is -0.377 e. The number of nitrogens with zero attached hydrogens (tertiary/aromatic N) is 1. The zero-order chi connectivity index (χ0) is 18.5. The van der Waals surface area contributed by atoms with Crippen LogP contribution in [0.1, 0.15) is 43.3 Å². The summed E-state index contributed by atoms with van der Waals surface area (Å²) in [5.41, 5.74) is 4.98. The van der Waals surface area contributed by atoms with E-state index in [1.54, 1.807) is 0 Å². The van der Waals surface area contributed by atoms with E-state index in [0.717, 1.165) is 33.9 Å². The van der Waals surface area contributed by atoms with Crippen LogP contribution in [0, 0.1) is 12.8 Å². The van der Waals surface area contributed by atoms with Gasteiger partial charge in [0, 0.05) is 22.7 Å². The number of aliphatic hydroxyl groups is 1. The van der Waals surface area contributed by atoms with Crippen LogP contribution in [-0.2, 0) is 12.0 Å². The van der Waals surface area contributed by atoms with Gasteiger partial charge >= 0.3 is 0 Å². The first-order valence-corrected chi connectivity index (χ1v) is 9.15. The fraction of sp³-hybridized carbons (Fsp3) is 0.318. The Kier molecular flexibility index (Phi) is 3.88. The number of para-hydroxylation sites is 2. The van der Waals surface area contributed by atoms with Gasteiger partial charge in [-0.05, 0) is 55.5 Å². The van der Waals surface area contributed by atoms with E-state index in [0.29, 0.717) is 11.7 Å². The van der Waals surface area contributed by atoms with E-state index in [-0.39, 0.29) is 0 Å². The predicted molar refractivity (Wildman–Crippen MR) is 106 cm³/mol. The molecule has 26 heavy (non-hydrogen) atoms. The molecule has 0 aliphatic rings. The van der Waals surface area contributed by atoms with E-state index in [2.05, 4.69) is 47.9 Å². The summed E-state index contributed by atoms with van der Waals surface area (Å²) in [6.07, 6.45) is 2.85. The molecule has 2 aromatic carbocycles. The standard InChI is InChI=1S/C22H25N3O/c1-13(2)11-15-12-14(3)20-16(9-10-23-20)19(15)22(4,26)21-24-17-7-5-6-8-18(17)25-21/h5-10,12-13,23,26H,11H2,1-4H3,(H,24,25). The Balaban J connectivity index is 1.98. The zero-order valence-electron chi connectivity index (χ0n) is 15.7. The van der Waals surface area contributed by atoms with Gasteiger partial charge in [-0.25, -0.2) is 4.98 Å². The lowest BCUT2D eigenvalue weighted by molar-refractivity contribution is 0.0940. The molecule has 0 radical (unpaired) electrons. The summed E-state index contributed by atoms with van der Waals surface area (Å²) in [5.74, 6) is 1.08. The molecule has 134 valence electrons. The molecule has 0 spiro atoms. The molecule has 3 N–H and O–H groups in total. The van der Waals surface area contributed by atoms with Crippen molar-refractivity contribution in [2.45, 2.75) is 39.7 Å². The molecule has 0 saturated carbocycles. The number of benzene rings is 2. The van der Waals surface area contributed by atoms with Crippen LogP contribution >= 0.6 is 0 Å². The van der Waals surface area contributed by atoms with Crippen molar-refractivity contribution in [2.24, 2.45) is 5.92 Å². The van der Waals surface area contributed by atoms with E-state index in [9.17, 15) is 5.11 Å². The maximum Gasteiger partial charge on any atom is 0.145 e. The van der Waals surface area contributed by atoms with Crippen LogP contribution in [0.25, 0.3) is 21.9 Å². The molecule has 2 aromatic heterocycles. The van der Waals surface area contributed by atoms with Crippen molar-refractivity contribution >= 4 is 21.9 Å². The third kappa shape index (κ3) is 2.61. The normalized spacial score (nSPS) is 14.4. The van der Waals surface area contributed by atoms with Crippen LogP contribution in [0.5, 0.6) is 0 Å². The topological polar surface area (TPSA) is 64.7 Å². The number of hydrogen-bond donors (Lipinski definition) is 3. The van der Waals surface area contributed by atoms with Gasteiger partial charge in [-0.15, -0.1) is 0 Å². The van der Waals surface area contributed by atoms with Crippen LogP contribution in [0.4, 0.5) is 0 Å². The van der Waals surface area contributed by atoms with E-state index < -0.39 is 5.60 Å². The number of aromatic nitrogens is 3. The lowest BCUT2D eigenvalue weighted by atomic mass is 9.84. The fourth-order valence-electron chi connectivity index (χ4n) is 3.96. The number of imidazole rings is 1. The molecule has 0 bridgehead atoms. The van der Waals surface area contributed by atoms with Crippen molar-refractivity contribution in [3.63, 3.8) is 0 Å². The highest BCUT2D eigenvalue weighted by Crippen LogP contribution is 2.38. The van der Waals surface area contributed by atoms with Crippen molar-refractivity contribution in [3.8, 4) is 0 Å². The lowest BCUT2D eigenvalue weighted by Gasteiger charge is -2.27. The molecule has 1 unspecified atom stereocenters. The Bertz CT molecular complexity index is 1050. The van der Waals surface area contributed by atoms with Gasteiger partial charge in [0.05, 0.1) is 11.0 Å². The maximum absolute atomic E-state index is 11.7. The molecular formula is C22H25N3O. The summed E-state index contributed by atoms with van der Waals surface area (Å²) in [4.78, 5) is 11.3. The number of nitrogens with one attached hydrogen (secondary N) is 2. The van der Waals surface area contributed by atoms with Gasteiger partial charge in [-0.2, -0.15) is 0 Å². The molecular weight excluding hydrogens is 322 g/mol. The molecule has 1 atom stereocenters. The molecule has 0 aliphatic heterocycles. The molecule has 0 saturated heterocycles. The number of hydrogen-bond acceptors (Lipinski definition) is 2. The Morgan fingerprint density at radius 1 is 1.19 bits per heavy atom. The van der Waals surface area contributed by atoms with Crippen molar-refractivity contribution in [1.82, 2.24) is 15.0 Å². The smallest absolute Gasteiger partial charge is 0.145 e. The molecule has 0 aliphatic carbocycles. The van der Waals surface area contributed by atoms with Gasteiger partial charge in [-0.1, -0.05) is 32.0 Å². The molecule has 4 rings (SSSR count). The Morgan fingerprint density at radius 2 is 1.96 bits per heavy atom. The summed E-state index contributed by atoms with van der Waals surface area (Å²) >= 11 is 0. The third-order valence-electron chi connectivity index (χ3n) is 5.09. The molecule has 4 heteroatoms. The number of aromatic amines is 2. The van der Waals surface area contributed by atoms with Gasteiger partial charge < -0.3 is 15.1 Å². The molecule has 2 heterocycles. The monoisotopic (exact) mass is 347 g/mol. The number of aryl methyl sites for hydroxylation is 1. The van der Waals surface area contributed by atoms with Crippen molar-refractivity contribution < 1.29 is 5.11 Å². The first-order valence-electron chi connectivity index (χ1n) is 9.15. The van der Waals surface area contributed by atoms with Crippen molar-refractivity contribution in [2.75, 3.05) is 0 Å². The van der Waals surface area contributed by atoms with Crippen LogP contribution in [0.2, 0.25) is 0 Å². The van der Waals surface area contributed by atoms with Crippen molar-refractivity contribution in [3.05, 3.63) is 65.1 Å². The number of H-pyrrole nitrogens is 2. The first kappa shape index (κ1) is 16.9. The van der Waals surface area contributed by atoms with Crippen LogP contribution in [-0.4, -0.2) is 20.1 Å². The number of fused-ring (bicyclic) bond motifs is 2. The van der Waals surface area contributed by atoms with Gasteiger partial charge in [-0.3, -0.25) is 0 Å².